The summed E-state index contributed by atoms with van der Waals surface area (Å²) in [5, 5.41) is 0.828. The molecule has 2 heterocycles. The van der Waals surface area contributed by atoms with Crippen molar-refractivity contribution in [3.8, 4) is 0 Å². The SMILES string of the molecule is CC(C)(C)OC(=O)n1c2c(c3ccccc31)CCN(C(=O)C(F)(F)F)[C@@H]1CCCC[C@H]21. The number of hydrogen-bond donors (Lipinski definition) is 0. The van der Waals surface area contributed by atoms with Gasteiger partial charge in [0.05, 0.1) is 5.52 Å². The van der Waals surface area contributed by atoms with E-state index in [0.29, 0.717) is 24.1 Å². The van der Waals surface area contributed by atoms with Crippen molar-refractivity contribution < 1.29 is 27.5 Å². The third kappa shape index (κ3) is 3.92. The van der Waals surface area contributed by atoms with Crippen molar-refractivity contribution in [3.05, 3.63) is 35.5 Å². The Hall–Kier alpha value is -2.51. The second-order valence-corrected chi connectivity index (χ2v) is 9.40. The lowest BCUT2D eigenvalue weighted by molar-refractivity contribution is -0.188. The van der Waals surface area contributed by atoms with Crippen molar-refractivity contribution in [1.29, 1.82) is 0 Å². The van der Waals surface area contributed by atoms with E-state index >= 15 is 0 Å². The fraction of sp³-hybridized carbons (Fsp3) is 0.565. The Morgan fingerprint density at radius 2 is 1.74 bits per heavy atom. The van der Waals surface area contributed by atoms with E-state index in [4.69, 9.17) is 4.74 Å². The van der Waals surface area contributed by atoms with Gasteiger partial charge in [-0.05, 0) is 51.7 Å². The summed E-state index contributed by atoms with van der Waals surface area (Å²) in [6, 6.07) is 6.82. The smallest absolute Gasteiger partial charge is 0.443 e. The summed E-state index contributed by atoms with van der Waals surface area (Å²) in [5.41, 5.74) is 1.53. The van der Waals surface area contributed by atoms with Gasteiger partial charge in [0.2, 0.25) is 0 Å². The number of alkyl halides is 3. The van der Waals surface area contributed by atoms with Crippen LogP contribution in [0.25, 0.3) is 10.9 Å². The van der Waals surface area contributed by atoms with Crippen LogP contribution in [-0.2, 0) is 16.0 Å². The first-order chi connectivity index (χ1) is 14.5. The number of benzene rings is 1. The van der Waals surface area contributed by atoms with Crippen LogP contribution >= 0.6 is 0 Å². The normalized spacial score (nSPS) is 21.9. The lowest BCUT2D eigenvalue weighted by atomic mass is 9.81. The van der Waals surface area contributed by atoms with E-state index < -0.39 is 29.8 Å². The van der Waals surface area contributed by atoms with Crippen LogP contribution in [0.5, 0.6) is 0 Å². The molecule has 0 saturated heterocycles. The topological polar surface area (TPSA) is 51.5 Å². The predicted molar refractivity (Wildman–Crippen MR) is 110 cm³/mol. The lowest BCUT2D eigenvalue weighted by Crippen LogP contribution is -2.50. The first kappa shape index (κ1) is 21.7. The van der Waals surface area contributed by atoms with E-state index in [9.17, 15) is 22.8 Å². The predicted octanol–water partition coefficient (Wildman–Crippen LogP) is 5.40. The first-order valence-corrected chi connectivity index (χ1v) is 10.7. The Labute approximate surface area is 179 Å². The Balaban J connectivity index is 1.89. The summed E-state index contributed by atoms with van der Waals surface area (Å²) in [6.07, 6.45) is -2.49. The zero-order valence-corrected chi connectivity index (χ0v) is 18.0. The molecule has 8 heteroatoms. The molecule has 31 heavy (non-hydrogen) atoms. The number of ether oxygens (including phenoxy) is 1. The highest BCUT2D eigenvalue weighted by Gasteiger charge is 2.48. The summed E-state index contributed by atoms with van der Waals surface area (Å²) in [6.45, 7) is 5.32. The summed E-state index contributed by atoms with van der Waals surface area (Å²) in [5.74, 6) is -2.14. The zero-order valence-electron chi connectivity index (χ0n) is 18.0. The van der Waals surface area contributed by atoms with Gasteiger partial charge in [-0.25, -0.2) is 9.36 Å². The van der Waals surface area contributed by atoms with E-state index in [0.717, 1.165) is 28.7 Å². The second-order valence-electron chi connectivity index (χ2n) is 9.40. The Bertz CT molecular complexity index is 1020. The van der Waals surface area contributed by atoms with Crippen LogP contribution in [-0.4, -0.2) is 45.8 Å². The van der Waals surface area contributed by atoms with E-state index in [1.54, 1.807) is 25.3 Å². The first-order valence-electron chi connectivity index (χ1n) is 10.7. The van der Waals surface area contributed by atoms with Crippen LogP contribution in [0, 0.1) is 0 Å². The van der Waals surface area contributed by atoms with Crippen molar-refractivity contribution in [2.45, 2.75) is 76.6 Å². The molecule has 1 aromatic heterocycles. The number of amides is 1. The standard InChI is InChI=1S/C23H27F3N2O3/c1-22(2,3)31-21(30)28-18-11-7-4-8-14(18)15-12-13-27(20(29)23(24,25)26)17-10-6-5-9-16(17)19(15)28/h4,7-8,11,16-17H,5-6,9-10,12-13H2,1-3H3/t16-,17+/m0/s1. The van der Waals surface area contributed by atoms with Gasteiger partial charge in [0.1, 0.15) is 5.60 Å². The molecule has 2 atom stereocenters. The fourth-order valence-corrected chi connectivity index (χ4v) is 5.10. The number of carbonyl (C=O) groups is 2. The number of para-hydroxylation sites is 1. The van der Waals surface area contributed by atoms with Crippen molar-refractivity contribution in [1.82, 2.24) is 9.47 Å². The molecule has 1 amide bonds. The average Bonchev–Trinajstić information content (AvgIpc) is 2.91. The van der Waals surface area contributed by atoms with Gasteiger partial charge in [-0.1, -0.05) is 31.0 Å². The minimum atomic E-state index is -4.92. The van der Waals surface area contributed by atoms with Crippen LogP contribution in [0.15, 0.2) is 24.3 Å². The summed E-state index contributed by atoms with van der Waals surface area (Å²) in [7, 11) is 0. The molecule has 1 aliphatic carbocycles. The number of halogens is 3. The molecular formula is C23H27F3N2O3. The van der Waals surface area contributed by atoms with Gasteiger partial charge >= 0.3 is 18.2 Å². The average molecular weight is 436 g/mol. The van der Waals surface area contributed by atoms with E-state index in [1.165, 1.54) is 0 Å². The third-order valence-electron chi connectivity index (χ3n) is 6.18. The number of nitrogens with zero attached hydrogens (tertiary/aromatic N) is 2. The van der Waals surface area contributed by atoms with Crippen LogP contribution in [0.3, 0.4) is 0 Å². The van der Waals surface area contributed by atoms with Crippen LogP contribution in [0.1, 0.15) is 63.6 Å². The largest absolute Gasteiger partial charge is 0.471 e. The van der Waals surface area contributed by atoms with E-state index in [-0.39, 0.29) is 18.9 Å². The molecule has 0 spiro atoms. The lowest BCUT2D eigenvalue weighted by Gasteiger charge is -2.39. The second kappa shape index (κ2) is 7.57. The molecule has 2 aliphatic rings. The number of aromatic nitrogens is 1. The Kier molecular flexibility index (Phi) is 5.30. The van der Waals surface area contributed by atoms with Gasteiger partial charge in [0.25, 0.3) is 0 Å². The summed E-state index contributed by atoms with van der Waals surface area (Å²) in [4.78, 5) is 26.5. The van der Waals surface area contributed by atoms with Crippen molar-refractivity contribution in [2.24, 2.45) is 0 Å². The molecule has 0 bridgehead atoms. The van der Waals surface area contributed by atoms with Crippen LogP contribution in [0.2, 0.25) is 0 Å². The van der Waals surface area contributed by atoms with E-state index in [2.05, 4.69) is 0 Å². The van der Waals surface area contributed by atoms with Crippen LogP contribution in [0.4, 0.5) is 18.0 Å². The quantitative estimate of drug-likeness (QED) is 0.556. The highest BCUT2D eigenvalue weighted by Crippen LogP contribution is 2.44. The molecule has 1 saturated carbocycles. The van der Waals surface area contributed by atoms with Gasteiger partial charge in [0, 0.05) is 29.6 Å². The molecule has 4 rings (SSSR count). The third-order valence-corrected chi connectivity index (χ3v) is 6.18. The highest BCUT2D eigenvalue weighted by atomic mass is 19.4. The molecule has 1 aromatic carbocycles. The number of rotatable bonds is 0. The van der Waals surface area contributed by atoms with Gasteiger partial charge in [0.15, 0.2) is 0 Å². The van der Waals surface area contributed by atoms with Gasteiger partial charge < -0.3 is 9.64 Å². The number of hydrogen-bond acceptors (Lipinski definition) is 3. The molecule has 1 aliphatic heterocycles. The van der Waals surface area contributed by atoms with Crippen molar-refractivity contribution >= 4 is 22.9 Å². The number of carbonyl (C=O) groups excluding carboxylic acids is 2. The molecule has 0 N–H and O–H groups in total. The summed E-state index contributed by atoms with van der Waals surface area (Å²) >= 11 is 0. The number of fused-ring (bicyclic) bond motifs is 5. The maximum atomic E-state index is 13.4. The monoisotopic (exact) mass is 436 g/mol. The minimum absolute atomic E-state index is 0.0190. The zero-order chi connectivity index (χ0) is 22.6. The minimum Gasteiger partial charge on any atom is -0.443 e. The Morgan fingerprint density at radius 1 is 1.06 bits per heavy atom. The van der Waals surface area contributed by atoms with Gasteiger partial charge in [-0.2, -0.15) is 13.2 Å². The van der Waals surface area contributed by atoms with Crippen molar-refractivity contribution in [3.63, 3.8) is 0 Å². The van der Waals surface area contributed by atoms with Crippen LogP contribution < -0.4 is 0 Å². The maximum absolute atomic E-state index is 13.4. The molecule has 168 valence electrons. The molecule has 0 unspecified atom stereocenters. The Morgan fingerprint density at radius 3 is 2.42 bits per heavy atom. The summed E-state index contributed by atoms with van der Waals surface area (Å²) < 4.78 is 47.3. The molecule has 2 aromatic rings. The highest BCUT2D eigenvalue weighted by molar-refractivity contribution is 5.94. The maximum Gasteiger partial charge on any atom is 0.471 e. The fourth-order valence-electron chi connectivity index (χ4n) is 5.10. The molecule has 5 nitrogen and oxygen atoms in total. The molecule has 0 radical (unpaired) electrons. The molecular weight excluding hydrogens is 409 g/mol. The van der Waals surface area contributed by atoms with E-state index in [1.807, 2.05) is 24.3 Å². The van der Waals surface area contributed by atoms with Crippen molar-refractivity contribution in [2.75, 3.05) is 6.54 Å². The van der Waals surface area contributed by atoms with Gasteiger partial charge in [-0.3, -0.25) is 4.79 Å². The van der Waals surface area contributed by atoms with Gasteiger partial charge in [-0.15, -0.1) is 0 Å². The molecule has 1 fully saturated rings.